The summed E-state index contributed by atoms with van der Waals surface area (Å²) in [6.45, 7) is 3.18. The van der Waals surface area contributed by atoms with Crippen molar-refractivity contribution in [2.75, 3.05) is 18.9 Å². The molecule has 1 aliphatic heterocycles. The van der Waals surface area contributed by atoms with Crippen molar-refractivity contribution in [1.82, 2.24) is 4.90 Å². The molecule has 2 N–H and O–H groups in total. The third kappa shape index (κ3) is 3.46. The number of nitrogens with zero attached hydrogens (tertiary/aromatic N) is 2. The standard InChI is InChI=1S/C16H21N3O2/c1-2-5-15(20)19-9-4-7-13(19)11-21-16-12(10-17)6-3-8-14(16)18/h3,6,8,13H,2,4-5,7,9,11,18H2,1H3. The van der Waals surface area contributed by atoms with Crippen LogP contribution >= 0.6 is 0 Å². The first-order valence-electron chi connectivity index (χ1n) is 7.38. The summed E-state index contributed by atoms with van der Waals surface area (Å²) in [4.78, 5) is 13.9. The van der Waals surface area contributed by atoms with Crippen LogP contribution in [0.3, 0.4) is 0 Å². The summed E-state index contributed by atoms with van der Waals surface area (Å²) in [5.74, 6) is 0.611. The number of hydrogen-bond acceptors (Lipinski definition) is 4. The molecular formula is C16H21N3O2. The van der Waals surface area contributed by atoms with Gasteiger partial charge in [-0.2, -0.15) is 5.26 Å². The van der Waals surface area contributed by atoms with E-state index in [1.165, 1.54) is 0 Å². The van der Waals surface area contributed by atoms with Gasteiger partial charge in [0.1, 0.15) is 12.7 Å². The van der Waals surface area contributed by atoms with Gasteiger partial charge in [0.2, 0.25) is 5.91 Å². The van der Waals surface area contributed by atoms with Gasteiger partial charge in [-0.15, -0.1) is 0 Å². The SMILES string of the molecule is CCCC(=O)N1CCCC1COc1c(N)cccc1C#N. The van der Waals surface area contributed by atoms with Crippen LogP contribution in [0.15, 0.2) is 18.2 Å². The molecule has 0 saturated carbocycles. The summed E-state index contributed by atoms with van der Waals surface area (Å²) in [6.07, 6.45) is 3.36. The Bertz CT molecular complexity index is 551. The monoisotopic (exact) mass is 287 g/mol. The van der Waals surface area contributed by atoms with Crippen LogP contribution in [0.2, 0.25) is 0 Å². The van der Waals surface area contributed by atoms with Crippen LogP contribution in [0, 0.1) is 11.3 Å². The van der Waals surface area contributed by atoms with Crippen LogP contribution < -0.4 is 10.5 Å². The van der Waals surface area contributed by atoms with Crippen molar-refractivity contribution < 1.29 is 9.53 Å². The molecule has 112 valence electrons. The van der Waals surface area contributed by atoms with Crippen molar-refractivity contribution in [3.8, 4) is 11.8 Å². The van der Waals surface area contributed by atoms with E-state index in [4.69, 9.17) is 15.7 Å². The van der Waals surface area contributed by atoms with E-state index in [2.05, 4.69) is 6.07 Å². The molecule has 0 bridgehead atoms. The second-order valence-corrected chi connectivity index (χ2v) is 5.28. The maximum Gasteiger partial charge on any atom is 0.222 e. The molecule has 1 saturated heterocycles. The van der Waals surface area contributed by atoms with Crippen LogP contribution in [-0.2, 0) is 4.79 Å². The number of carbonyl (C=O) groups is 1. The van der Waals surface area contributed by atoms with Crippen LogP contribution in [-0.4, -0.2) is 30.0 Å². The third-order valence-corrected chi connectivity index (χ3v) is 3.75. The molecule has 5 heteroatoms. The highest BCUT2D eigenvalue weighted by Gasteiger charge is 2.28. The van der Waals surface area contributed by atoms with E-state index in [-0.39, 0.29) is 11.9 Å². The zero-order valence-corrected chi connectivity index (χ0v) is 12.3. The summed E-state index contributed by atoms with van der Waals surface area (Å²) in [5.41, 5.74) is 6.75. The number of nitrogen functional groups attached to an aromatic ring is 1. The lowest BCUT2D eigenvalue weighted by Gasteiger charge is -2.25. The van der Waals surface area contributed by atoms with Crippen molar-refractivity contribution in [2.24, 2.45) is 0 Å². The molecule has 1 aliphatic rings. The molecule has 21 heavy (non-hydrogen) atoms. The maximum absolute atomic E-state index is 12.1. The zero-order chi connectivity index (χ0) is 15.2. The number of amides is 1. The van der Waals surface area contributed by atoms with Crippen molar-refractivity contribution in [3.05, 3.63) is 23.8 Å². The number of nitrogens with two attached hydrogens (primary N) is 1. The molecule has 0 aromatic heterocycles. The van der Waals surface area contributed by atoms with Gasteiger partial charge in [-0.05, 0) is 31.4 Å². The molecule has 1 aromatic rings. The number of benzene rings is 1. The van der Waals surface area contributed by atoms with Gasteiger partial charge < -0.3 is 15.4 Å². The average molecular weight is 287 g/mol. The molecule has 2 rings (SSSR count). The maximum atomic E-state index is 12.1. The molecule has 0 radical (unpaired) electrons. The molecule has 1 unspecified atom stereocenters. The largest absolute Gasteiger partial charge is 0.488 e. The number of para-hydroxylation sites is 1. The molecule has 0 aliphatic carbocycles. The Balaban J connectivity index is 2.03. The van der Waals surface area contributed by atoms with E-state index < -0.39 is 0 Å². The Morgan fingerprint density at radius 1 is 1.57 bits per heavy atom. The lowest BCUT2D eigenvalue weighted by molar-refractivity contribution is -0.132. The van der Waals surface area contributed by atoms with E-state index in [0.717, 1.165) is 25.8 Å². The summed E-state index contributed by atoms with van der Waals surface area (Å²) in [7, 11) is 0. The van der Waals surface area contributed by atoms with Gasteiger partial charge >= 0.3 is 0 Å². The molecule has 5 nitrogen and oxygen atoms in total. The summed E-state index contributed by atoms with van der Waals surface area (Å²) >= 11 is 0. The number of hydrogen-bond donors (Lipinski definition) is 1. The van der Waals surface area contributed by atoms with Crippen LogP contribution in [0.25, 0.3) is 0 Å². The second kappa shape index (κ2) is 6.98. The Labute approximate surface area is 125 Å². The lowest BCUT2D eigenvalue weighted by Crippen LogP contribution is -2.38. The summed E-state index contributed by atoms with van der Waals surface area (Å²) < 4.78 is 5.76. The van der Waals surface area contributed by atoms with Gasteiger partial charge in [0.25, 0.3) is 0 Å². The highest BCUT2D eigenvalue weighted by Crippen LogP contribution is 2.27. The van der Waals surface area contributed by atoms with Gasteiger partial charge in [-0.3, -0.25) is 4.79 Å². The van der Waals surface area contributed by atoms with Gasteiger partial charge in [0.15, 0.2) is 5.75 Å². The van der Waals surface area contributed by atoms with Gasteiger partial charge in [-0.1, -0.05) is 13.0 Å². The Kier molecular flexibility index (Phi) is 5.04. The van der Waals surface area contributed by atoms with E-state index in [0.29, 0.717) is 30.0 Å². The van der Waals surface area contributed by atoms with E-state index in [1.807, 2.05) is 11.8 Å². The molecule has 1 fully saturated rings. The Hall–Kier alpha value is -2.22. The molecule has 1 amide bonds. The third-order valence-electron chi connectivity index (χ3n) is 3.75. The molecular weight excluding hydrogens is 266 g/mol. The van der Waals surface area contributed by atoms with Crippen molar-refractivity contribution in [3.63, 3.8) is 0 Å². The lowest BCUT2D eigenvalue weighted by atomic mass is 10.2. The van der Waals surface area contributed by atoms with E-state index >= 15 is 0 Å². The minimum absolute atomic E-state index is 0.0789. The minimum atomic E-state index is 0.0789. The van der Waals surface area contributed by atoms with Crippen molar-refractivity contribution >= 4 is 11.6 Å². The average Bonchev–Trinajstić information content (AvgIpc) is 2.94. The van der Waals surface area contributed by atoms with Gasteiger partial charge in [0.05, 0.1) is 17.3 Å². The van der Waals surface area contributed by atoms with Crippen LogP contribution in [0.4, 0.5) is 5.69 Å². The predicted molar refractivity (Wildman–Crippen MR) is 80.7 cm³/mol. The first-order valence-corrected chi connectivity index (χ1v) is 7.38. The van der Waals surface area contributed by atoms with E-state index in [1.54, 1.807) is 18.2 Å². The predicted octanol–water partition coefficient (Wildman–Crippen LogP) is 2.31. The topological polar surface area (TPSA) is 79.3 Å². The first kappa shape index (κ1) is 15.2. The number of rotatable bonds is 5. The zero-order valence-electron chi connectivity index (χ0n) is 12.3. The van der Waals surface area contributed by atoms with Gasteiger partial charge in [-0.25, -0.2) is 0 Å². The van der Waals surface area contributed by atoms with Crippen molar-refractivity contribution in [1.29, 1.82) is 5.26 Å². The highest BCUT2D eigenvalue weighted by molar-refractivity contribution is 5.76. The Morgan fingerprint density at radius 2 is 2.38 bits per heavy atom. The number of likely N-dealkylation sites (tertiary alicyclic amines) is 1. The number of ether oxygens (including phenoxy) is 1. The highest BCUT2D eigenvalue weighted by atomic mass is 16.5. The molecule has 1 heterocycles. The fraction of sp³-hybridized carbons (Fsp3) is 0.500. The minimum Gasteiger partial charge on any atom is -0.488 e. The first-order chi connectivity index (χ1) is 10.2. The van der Waals surface area contributed by atoms with Crippen LogP contribution in [0.5, 0.6) is 5.75 Å². The number of nitriles is 1. The fourth-order valence-corrected chi connectivity index (χ4v) is 2.68. The molecule has 1 aromatic carbocycles. The molecule has 0 spiro atoms. The summed E-state index contributed by atoms with van der Waals surface area (Å²) in [5, 5.41) is 9.09. The smallest absolute Gasteiger partial charge is 0.222 e. The fourth-order valence-electron chi connectivity index (χ4n) is 2.68. The quantitative estimate of drug-likeness (QED) is 0.843. The Morgan fingerprint density at radius 3 is 3.10 bits per heavy atom. The van der Waals surface area contributed by atoms with Gasteiger partial charge in [0, 0.05) is 13.0 Å². The number of carbonyl (C=O) groups excluding carboxylic acids is 1. The van der Waals surface area contributed by atoms with Crippen LogP contribution in [0.1, 0.15) is 38.2 Å². The second-order valence-electron chi connectivity index (χ2n) is 5.28. The molecule has 1 atom stereocenters. The summed E-state index contributed by atoms with van der Waals surface area (Å²) in [6, 6.07) is 7.28. The number of anilines is 1. The van der Waals surface area contributed by atoms with Crippen molar-refractivity contribution in [2.45, 2.75) is 38.6 Å². The van der Waals surface area contributed by atoms with E-state index in [9.17, 15) is 4.79 Å². The normalized spacial score (nSPS) is 17.5.